The summed E-state index contributed by atoms with van der Waals surface area (Å²) in [6.07, 6.45) is -0.726. The average molecular weight is 231 g/mol. The normalized spacial score (nSPS) is 11.1. The predicted octanol–water partition coefficient (Wildman–Crippen LogP) is 0.830. The second-order valence-corrected chi connectivity index (χ2v) is 3.37. The van der Waals surface area contributed by atoms with Crippen LogP contribution in [-0.2, 0) is 9.59 Å². The zero-order chi connectivity index (χ0) is 11.2. The van der Waals surface area contributed by atoms with Gasteiger partial charge >= 0.3 is 11.5 Å². The third-order valence-electron chi connectivity index (χ3n) is 1.00. The van der Waals surface area contributed by atoms with Crippen molar-refractivity contribution in [3.8, 4) is 0 Å². The van der Waals surface area contributed by atoms with E-state index in [0.717, 1.165) is 0 Å². The minimum Gasteiger partial charge on any atom is -0.481 e. The number of aliphatic carboxylic acids is 1. The van der Waals surface area contributed by atoms with Gasteiger partial charge in [0.25, 0.3) is 0 Å². The Hall–Kier alpha value is -0.920. The van der Waals surface area contributed by atoms with E-state index in [9.17, 15) is 22.8 Å². The molecule has 0 aromatic carbocycles. The third-order valence-corrected chi connectivity index (χ3v) is 1.74. The van der Waals surface area contributed by atoms with Gasteiger partial charge in [0.1, 0.15) is 6.42 Å². The monoisotopic (exact) mass is 231 g/mol. The number of carboxylic acid groups (broad SMARTS) is 1. The largest absolute Gasteiger partial charge is 0.481 e. The van der Waals surface area contributed by atoms with E-state index >= 15 is 0 Å². The van der Waals surface area contributed by atoms with Crippen LogP contribution in [0.1, 0.15) is 6.42 Å². The molecule has 8 heteroatoms. The van der Waals surface area contributed by atoms with Crippen LogP contribution in [0.15, 0.2) is 0 Å². The summed E-state index contributed by atoms with van der Waals surface area (Å²) in [6.45, 7) is -0.198. The number of carbonyl (C=O) groups excluding carboxylic acids is 1. The van der Waals surface area contributed by atoms with Gasteiger partial charge in [-0.1, -0.05) is 0 Å². The molecule has 0 aliphatic rings. The minimum atomic E-state index is -4.32. The SMILES string of the molecule is O=C(O)CC(=O)NCCSC(F)(F)F. The fourth-order valence-electron chi connectivity index (χ4n) is 0.557. The lowest BCUT2D eigenvalue weighted by molar-refractivity contribution is -0.140. The van der Waals surface area contributed by atoms with E-state index in [1.54, 1.807) is 0 Å². The lowest BCUT2D eigenvalue weighted by Gasteiger charge is -2.05. The second-order valence-electron chi connectivity index (χ2n) is 2.21. The number of thioether (sulfide) groups is 1. The van der Waals surface area contributed by atoms with Crippen LogP contribution < -0.4 is 5.32 Å². The number of carbonyl (C=O) groups is 2. The van der Waals surface area contributed by atoms with Crippen molar-refractivity contribution >= 4 is 23.6 Å². The molecule has 2 N–H and O–H groups in total. The number of rotatable bonds is 5. The van der Waals surface area contributed by atoms with Crippen molar-refractivity contribution in [3.05, 3.63) is 0 Å². The first-order valence-electron chi connectivity index (χ1n) is 3.50. The van der Waals surface area contributed by atoms with Gasteiger partial charge in [-0.2, -0.15) is 13.2 Å². The van der Waals surface area contributed by atoms with Crippen molar-refractivity contribution in [3.63, 3.8) is 0 Å². The third kappa shape index (κ3) is 9.17. The molecule has 0 saturated carbocycles. The van der Waals surface area contributed by atoms with Crippen molar-refractivity contribution < 1.29 is 27.9 Å². The van der Waals surface area contributed by atoms with Crippen LogP contribution >= 0.6 is 11.8 Å². The quantitative estimate of drug-likeness (QED) is 0.543. The highest BCUT2D eigenvalue weighted by Gasteiger charge is 2.27. The number of halogens is 3. The molecule has 0 aliphatic heterocycles. The molecule has 0 bridgehead atoms. The van der Waals surface area contributed by atoms with Crippen molar-refractivity contribution in [1.29, 1.82) is 0 Å². The Morgan fingerprint density at radius 2 is 1.93 bits per heavy atom. The topological polar surface area (TPSA) is 66.4 Å². The molecule has 0 aromatic rings. The zero-order valence-electron chi connectivity index (χ0n) is 6.93. The first-order chi connectivity index (χ1) is 6.31. The van der Waals surface area contributed by atoms with Crippen LogP contribution in [0.25, 0.3) is 0 Å². The molecular weight excluding hydrogens is 223 g/mol. The predicted molar refractivity (Wildman–Crippen MR) is 43.8 cm³/mol. The molecule has 0 aliphatic carbocycles. The maximum absolute atomic E-state index is 11.5. The summed E-state index contributed by atoms with van der Waals surface area (Å²) >= 11 is -0.268. The summed E-state index contributed by atoms with van der Waals surface area (Å²) in [5.41, 5.74) is -4.32. The van der Waals surface area contributed by atoms with E-state index in [4.69, 9.17) is 5.11 Å². The number of amides is 1. The van der Waals surface area contributed by atoms with Crippen molar-refractivity contribution in [2.45, 2.75) is 11.9 Å². The van der Waals surface area contributed by atoms with Crippen LogP contribution in [-0.4, -0.2) is 34.8 Å². The first-order valence-corrected chi connectivity index (χ1v) is 4.49. The number of alkyl halides is 3. The summed E-state index contributed by atoms with van der Waals surface area (Å²) in [4.78, 5) is 20.6. The summed E-state index contributed by atoms with van der Waals surface area (Å²) in [6, 6.07) is 0. The molecule has 0 unspecified atom stereocenters. The van der Waals surface area contributed by atoms with E-state index in [1.165, 1.54) is 0 Å². The minimum absolute atomic E-state index is 0.198. The standard InChI is InChI=1S/C6H8F3NO3S/c7-6(8,9)14-2-1-10-4(11)3-5(12)13/h1-3H2,(H,10,11)(H,12,13). The fourth-order valence-corrected chi connectivity index (χ4v) is 0.993. The molecule has 82 valence electrons. The van der Waals surface area contributed by atoms with Crippen LogP contribution in [0, 0.1) is 0 Å². The van der Waals surface area contributed by atoms with E-state index in [0.29, 0.717) is 0 Å². The van der Waals surface area contributed by atoms with Gasteiger partial charge in [-0.15, -0.1) is 0 Å². The molecule has 14 heavy (non-hydrogen) atoms. The summed E-state index contributed by atoms with van der Waals surface area (Å²) in [5.74, 6) is -2.43. The first kappa shape index (κ1) is 13.1. The van der Waals surface area contributed by atoms with Gasteiger partial charge in [-0.3, -0.25) is 9.59 Å². The van der Waals surface area contributed by atoms with E-state index in [1.807, 2.05) is 5.32 Å². The molecule has 0 rings (SSSR count). The van der Waals surface area contributed by atoms with Gasteiger partial charge in [0.2, 0.25) is 5.91 Å². The maximum atomic E-state index is 11.5. The number of carboxylic acids is 1. The highest BCUT2D eigenvalue weighted by molar-refractivity contribution is 8.00. The van der Waals surface area contributed by atoms with Crippen LogP contribution in [0.4, 0.5) is 13.2 Å². The zero-order valence-corrected chi connectivity index (χ0v) is 7.74. The van der Waals surface area contributed by atoms with Crippen molar-refractivity contribution in [2.75, 3.05) is 12.3 Å². The van der Waals surface area contributed by atoms with Gasteiger partial charge < -0.3 is 10.4 Å². The average Bonchev–Trinajstić information content (AvgIpc) is 1.95. The van der Waals surface area contributed by atoms with Crippen LogP contribution in [0.3, 0.4) is 0 Å². The van der Waals surface area contributed by atoms with E-state index in [-0.39, 0.29) is 24.1 Å². The molecule has 4 nitrogen and oxygen atoms in total. The Morgan fingerprint density at radius 3 is 2.36 bits per heavy atom. The molecule has 0 heterocycles. The highest BCUT2D eigenvalue weighted by atomic mass is 32.2. The Bertz CT molecular complexity index is 219. The number of hydrogen-bond acceptors (Lipinski definition) is 3. The van der Waals surface area contributed by atoms with Gasteiger partial charge in [0, 0.05) is 12.3 Å². The maximum Gasteiger partial charge on any atom is 0.441 e. The molecular formula is C6H8F3NO3S. The van der Waals surface area contributed by atoms with Crippen molar-refractivity contribution in [1.82, 2.24) is 5.32 Å². The molecule has 0 radical (unpaired) electrons. The Morgan fingerprint density at radius 1 is 1.36 bits per heavy atom. The van der Waals surface area contributed by atoms with Gasteiger partial charge in [-0.05, 0) is 11.8 Å². The smallest absolute Gasteiger partial charge is 0.441 e. The highest BCUT2D eigenvalue weighted by Crippen LogP contribution is 2.29. The Kier molecular flexibility index (Phi) is 5.36. The molecule has 0 saturated heterocycles. The number of nitrogens with one attached hydrogen (secondary N) is 1. The van der Waals surface area contributed by atoms with Gasteiger partial charge in [0.15, 0.2) is 0 Å². The second kappa shape index (κ2) is 5.74. The van der Waals surface area contributed by atoms with Crippen molar-refractivity contribution in [2.24, 2.45) is 0 Å². The van der Waals surface area contributed by atoms with E-state index < -0.39 is 23.8 Å². The number of hydrogen-bond donors (Lipinski definition) is 2. The van der Waals surface area contributed by atoms with E-state index in [2.05, 4.69) is 0 Å². The molecule has 0 fully saturated rings. The molecule has 0 spiro atoms. The Labute approximate surface area is 81.9 Å². The van der Waals surface area contributed by atoms with Gasteiger partial charge in [-0.25, -0.2) is 0 Å². The summed E-state index contributed by atoms with van der Waals surface area (Å²) in [7, 11) is 0. The molecule has 0 aromatic heterocycles. The lowest BCUT2D eigenvalue weighted by atomic mass is 10.4. The Balaban J connectivity index is 3.46. The fraction of sp³-hybridized carbons (Fsp3) is 0.667. The van der Waals surface area contributed by atoms with Gasteiger partial charge in [0.05, 0.1) is 0 Å². The van der Waals surface area contributed by atoms with Crippen LogP contribution in [0.5, 0.6) is 0 Å². The molecule has 0 atom stereocenters. The summed E-state index contributed by atoms with van der Waals surface area (Å²) < 4.78 is 34.6. The molecule has 1 amide bonds. The lowest BCUT2D eigenvalue weighted by Crippen LogP contribution is -2.28. The van der Waals surface area contributed by atoms with Crippen LogP contribution in [0.2, 0.25) is 0 Å². The summed E-state index contributed by atoms with van der Waals surface area (Å²) in [5, 5.41) is 10.2.